The summed E-state index contributed by atoms with van der Waals surface area (Å²) >= 11 is 0. The third-order valence-corrected chi connectivity index (χ3v) is 5.27. The van der Waals surface area contributed by atoms with Crippen LogP contribution in [-0.4, -0.2) is 74.1 Å². The average molecular weight is 339 g/mol. The summed E-state index contributed by atoms with van der Waals surface area (Å²) in [6.45, 7) is 10.8. The zero-order valence-corrected chi connectivity index (χ0v) is 15.3. The van der Waals surface area contributed by atoms with Crippen LogP contribution in [0.2, 0.25) is 0 Å². The molecule has 2 rings (SSSR count). The highest BCUT2D eigenvalue weighted by atomic mass is 16.5. The van der Waals surface area contributed by atoms with Crippen LogP contribution >= 0.6 is 0 Å². The molecule has 2 aliphatic rings. The van der Waals surface area contributed by atoms with E-state index in [1.54, 1.807) is 0 Å². The summed E-state index contributed by atoms with van der Waals surface area (Å²) in [6, 6.07) is 0. The Morgan fingerprint density at radius 1 is 1.17 bits per heavy atom. The number of carbonyl (C=O) groups is 2. The van der Waals surface area contributed by atoms with E-state index in [0.717, 1.165) is 78.2 Å². The fourth-order valence-electron chi connectivity index (χ4n) is 3.33. The SMILES string of the molecule is CCC(C)C(=O)N1CCC(C(=O)NCCCN2CCOCC2)CC1. The van der Waals surface area contributed by atoms with Crippen molar-refractivity contribution in [1.29, 1.82) is 0 Å². The summed E-state index contributed by atoms with van der Waals surface area (Å²) in [4.78, 5) is 28.8. The minimum atomic E-state index is 0.0642. The van der Waals surface area contributed by atoms with E-state index in [1.807, 2.05) is 18.7 Å². The van der Waals surface area contributed by atoms with Crippen LogP contribution in [0.15, 0.2) is 0 Å². The fourth-order valence-corrected chi connectivity index (χ4v) is 3.33. The molecule has 2 fully saturated rings. The van der Waals surface area contributed by atoms with Crippen LogP contribution in [0, 0.1) is 11.8 Å². The third kappa shape index (κ3) is 5.74. The van der Waals surface area contributed by atoms with Crippen LogP contribution in [0.25, 0.3) is 0 Å². The van der Waals surface area contributed by atoms with E-state index in [4.69, 9.17) is 4.74 Å². The molecule has 0 bridgehead atoms. The van der Waals surface area contributed by atoms with Gasteiger partial charge in [-0.1, -0.05) is 13.8 Å². The minimum Gasteiger partial charge on any atom is -0.379 e. The largest absolute Gasteiger partial charge is 0.379 e. The molecule has 2 amide bonds. The van der Waals surface area contributed by atoms with Gasteiger partial charge in [0.2, 0.25) is 11.8 Å². The van der Waals surface area contributed by atoms with Gasteiger partial charge in [0.1, 0.15) is 0 Å². The first-order valence-corrected chi connectivity index (χ1v) is 9.48. The Bertz CT molecular complexity index is 402. The summed E-state index contributed by atoms with van der Waals surface area (Å²) in [5.74, 6) is 0.555. The number of rotatable bonds is 7. The molecule has 2 aliphatic heterocycles. The van der Waals surface area contributed by atoms with Crippen LogP contribution in [0.3, 0.4) is 0 Å². The predicted octanol–water partition coefficient (Wildman–Crippen LogP) is 1.11. The number of nitrogens with zero attached hydrogens (tertiary/aromatic N) is 2. The third-order valence-electron chi connectivity index (χ3n) is 5.27. The van der Waals surface area contributed by atoms with Gasteiger partial charge < -0.3 is 15.0 Å². The molecular formula is C18H33N3O3. The van der Waals surface area contributed by atoms with Crippen molar-refractivity contribution in [1.82, 2.24) is 15.1 Å². The molecule has 0 aliphatic carbocycles. The van der Waals surface area contributed by atoms with Crippen LogP contribution < -0.4 is 5.32 Å². The van der Waals surface area contributed by atoms with Crippen molar-refractivity contribution in [3.05, 3.63) is 0 Å². The van der Waals surface area contributed by atoms with E-state index in [-0.39, 0.29) is 23.7 Å². The maximum absolute atomic E-state index is 12.3. The molecule has 0 saturated carbocycles. The Morgan fingerprint density at radius 2 is 1.83 bits per heavy atom. The molecule has 1 atom stereocenters. The second kappa shape index (κ2) is 9.99. The van der Waals surface area contributed by atoms with Crippen molar-refractivity contribution in [2.45, 2.75) is 39.5 Å². The summed E-state index contributed by atoms with van der Waals surface area (Å²) in [5, 5.41) is 3.07. The molecule has 6 nitrogen and oxygen atoms in total. The monoisotopic (exact) mass is 339 g/mol. The van der Waals surface area contributed by atoms with Gasteiger partial charge in [-0.15, -0.1) is 0 Å². The van der Waals surface area contributed by atoms with Gasteiger partial charge in [-0.05, 0) is 32.2 Å². The Labute approximate surface area is 145 Å². The lowest BCUT2D eigenvalue weighted by atomic mass is 9.94. The van der Waals surface area contributed by atoms with E-state index in [1.165, 1.54) is 0 Å². The van der Waals surface area contributed by atoms with Crippen LogP contribution in [0.1, 0.15) is 39.5 Å². The van der Waals surface area contributed by atoms with Crippen molar-refractivity contribution < 1.29 is 14.3 Å². The lowest BCUT2D eigenvalue weighted by molar-refractivity contribution is -0.138. The molecule has 2 saturated heterocycles. The molecule has 0 aromatic carbocycles. The van der Waals surface area contributed by atoms with Gasteiger partial charge in [0.15, 0.2) is 0 Å². The van der Waals surface area contributed by atoms with Gasteiger partial charge >= 0.3 is 0 Å². The maximum atomic E-state index is 12.3. The number of hydrogen-bond acceptors (Lipinski definition) is 4. The molecule has 1 unspecified atom stereocenters. The maximum Gasteiger partial charge on any atom is 0.225 e. The Hall–Kier alpha value is -1.14. The van der Waals surface area contributed by atoms with Gasteiger partial charge in [0.05, 0.1) is 13.2 Å². The van der Waals surface area contributed by atoms with Crippen molar-refractivity contribution in [2.75, 3.05) is 52.5 Å². The van der Waals surface area contributed by atoms with E-state index < -0.39 is 0 Å². The lowest BCUT2D eigenvalue weighted by Crippen LogP contribution is -2.45. The molecule has 1 N–H and O–H groups in total. The van der Waals surface area contributed by atoms with Crippen molar-refractivity contribution in [2.24, 2.45) is 11.8 Å². The number of piperidine rings is 1. The predicted molar refractivity (Wildman–Crippen MR) is 93.6 cm³/mol. The number of carbonyl (C=O) groups excluding carboxylic acids is 2. The van der Waals surface area contributed by atoms with Crippen LogP contribution in [-0.2, 0) is 14.3 Å². The molecule has 0 radical (unpaired) electrons. The normalized spacial score (nSPS) is 21.5. The smallest absolute Gasteiger partial charge is 0.225 e. The molecule has 24 heavy (non-hydrogen) atoms. The van der Waals surface area contributed by atoms with Crippen LogP contribution in [0.5, 0.6) is 0 Å². The lowest BCUT2D eigenvalue weighted by Gasteiger charge is -2.33. The highest BCUT2D eigenvalue weighted by molar-refractivity contribution is 5.80. The first-order chi connectivity index (χ1) is 11.6. The summed E-state index contributed by atoms with van der Waals surface area (Å²) in [5.41, 5.74) is 0. The molecule has 0 aromatic heterocycles. The van der Waals surface area contributed by atoms with Gasteiger partial charge in [-0.25, -0.2) is 0 Å². The quantitative estimate of drug-likeness (QED) is 0.706. The van der Waals surface area contributed by atoms with Crippen molar-refractivity contribution in [3.63, 3.8) is 0 Å². The van der Waals surface area contributed by atoms with E-state index in [9.17, 15) is 9.59 Å². The van der Waals surface area contributed by atoms with Gasteiger partial charge in [-0.3, -0.25) is 14.5 Å². The Kier molecular flexibility index (Phi) is 7.99. The number of likely N-dealkylation sites (tertiary alicyclic amines) is 1. The molecule has 0 spiro atoms. The standard InChI is InChI=1S/C18H33N3O3/c1-3-15(2)18(23)21-9-5-16(6-10-21)17(22)19-7-4-8-20-11-13-24-14-12-20/h15-16H,3-14H2,1-2H3,(H,19,22). The minimum absolute atomic E-state index is 0.0642. The number of amides is 2. The molecular weight excluding hydrogens is 306 g/mol. The van der Waals surface area contributed by atoms with E-state index in [0.29, 0.717) is 0 Å². The topological polar surface area (TPSA) is 61.9 Å². The van der Waals surface area contributed by atoms with Gasteiger partial charge in [0.25, 0.3) is 0 Å². The Balaban J connectivity index is 1.59. The molecule has 138 valence electrons. The summed E-state index contributed by atoms with van der Waals surface area (Å²) in [6.07, 6.45) is 3.44. The number of hydrogen-bond donors (Lipinski definition) is 1. The number of morpholine rings is 1. The fraction of sp³-hybridized carbons (Fsp3) is 0.889. The van der Waals surface area contributed by atoms with Gasteiger partial charge in [-0.2, -0.15) is 0 Å². The Morgan fingerprint density at radius 3 is 2.46 bits per heavy atom. The number of nitrogens with one attached hydrogen (secondary N) is 1. The van der Waals surface area contributed by atoms with Crippen molar-refractivity contribution >= 4 is 11.8 Å². The zero-order chi connectivity index (χ0) is 17.4. The summed E-state index contributed by atoms with van der Waals surface area (Å²) < 4.78 is 5.33. The molecule has 0 aromatic rings. The average Bonchev–Trinajstić information content (AvgIpc) is 2.64. The summed E-state index contributed by atoms with van der Waals surface area (Å²) in [7, 11) is 0. The first kappa shape index (κ1) is 19.2. The van der Waals surface area contributed by atoms with Crippen molar-refractivity contribution in [3.8, 4) is 0 Å². The highest BCUT2D eigenvalue weighted by Gasteiger charge is 2.28. The van der Waals surface area contributed by atoms with E-state index >= 15 is 0 Å². The molecule has 2 heterocycles. The molecule has 6 heteroatoms. The van der Waals surface area contributed by atoms with Gasteiger partial charge in [0, 0.05) is 44.6 Å². The van der Waals surface area contributed by atoms with Crippen LogP contribution in [0.4, 0.5) is 0 Å². The number of ether oxygens (including phenoxy) is 1. The second-order valence-corrected chi connectivity index (χ2v) is 7.01. The van der Waals surface area contributed by atoms with E-state index in [2.05, 4.69) is 10.2 Å². The second-order valence-electron chi connectivity index (χ2n) is 7.01. The zero-order valence-electron chi connectivity index (χ0n) is 15.3. The first-order valence-electron chi connectivity index (χ1n) is 9.48. The highest BCUT2D eigenvalue weighted by Crippen LogP contribution is 2.19.